The Hall–Kier alpha value is -5.41. The molecule has 1 amide bonds. The normalized spacial score (nSPS) is 11.0. The van der Waals surface area contributed by atoms with Crippen LogP contribution in [0.2, 0.25) is 0 Å². The van der Waals surface area contributed by atoms with E-state index in [1.165, 1.54) is 0 Å². The van der Waals surface area contributed by atoms with Gasteiger partial charge in [-0.25, -0.2) is 0 Å². The molecule has 1 N–H and O–H groups in total. The first-order valence-corrected chi connectivity index (χ1v) is 13.6. The molecule has 5 aromatic carbocycles. The fraction of sp³-hybridized carbons (Fsp3) is 0.0263. The summed E-state index contributed by atoms with van der Waals surface area (Å²) < 4.78 is 0. The molecule has 0 unspecified atom stereocenters. The number of benzene rings is 5. The molecule has 0 fully saturated rings. The Morgan fingerprint density at radius 2 is 0.878 bits per heavy atom. The van der Waals surface area contributed by atoms with Crippen molar-refractivity contribution in [2.45, 2.75) is 6.92 Å². The number of carbonyl (C=O) groups is 1. The van der Waals surface area contributed by atoms with E-state index in [1.54, 1.807) is 6.92 Å². The number of amides is 1. The molecule has 0 saturated carbocycles. The zero-order valence-electron chi connectivity index (χ0n) is 23.1. The monoisotopic (exact) mass is 532 g/mol. The number of carbonyl (C=O) groups excluding carboxylic acids is 1. The quantitative estimate of drug-likeness (QED) is 0.151. The highest BCUT2D eigenvalue weighted by atomic mass is 16.1. The summed E-state index contributed by atoms with van der Waals surface area (Å²) >= 11 is 0. The summed E-state index contributed by atoms with van der Waals surface area (Å²) in [5.41, 5.74) is 9.06. The highest BCUT2D eigenvalue weighted by molar-refractivity contribution is 6.02. The third-order valence-electron chi connectivity index (χ3n) is 6.61. The summed E-state index contributed by atoms with van der Waals surface area (Å²) in [7, 11) is 0. The molecule has 0 aromatic heterocycles. The lowest BCUT2D eigenvalue weighted by atomic mass is 10.1. The molecule has 200 valence electrons. The van der Waals surface area contributed by atoms with Crippen molar-refractivity contribution >= 4 is 53.0 Å². The molecule has 0 heterocycles. The molecule has 41 heavy (non-hydrogen) atoms. The summed E-state index contributed by atoms with van der Waals surface area (Å²) in [6.07, 6.45) is 8.41. The van der Waals surface area contributed by atoms with E-state index in [1.807, 2.05) is 36.4 Å². The Morgan fingerprint density at radius 1 is 0.537 bits per heavy atom. The predicted molar refractivity (Wildman–Crippen MR) is 175 cm³/mol. The third-order valence-corrected chi connectivity index (χ3v) is 6.61. The maximum Gasteiger partial charge on any atom is 0.250 e. The van der Waals surface area contributed by atoms with Crippen LogP contribution in [0.15, 0.2) is 146 Å². The Balaban J connectivity index is 1.23. The van der Waals surface area contributed by atoms with Crippen LogP contribution < -0.4 is 10.2 Å². The lowest BCUT2D eigenvalue weighted by Crippen LogP contribution is -2.11. The summed E-state index contributed by atoms with van der Waals surface area (Å²) in [6.45, 7) is 5.36. The zero-order valence-corrected chi connectivity index (χ0v) is 23.1. The second-order valence-corrected chi connectivity index (χ2v) is 9.79. The predicted octanol–water partition coefficient (Wildman–Crippen LogP) is 10.0. The number of rotatable bonds is 9. The van der Waals surface area contributed by atoms with Gasteiger partial charge in [0.2, 0.25) is 0 Å². The fourth-order valence-electron chi connectivity index (χ4n) is 4.35. The molecular weight excluding hydrogens is 500 g/mol. The minimum atomic E-state index is -0.169. The number of para-hydroxylation sites is 2. The van der Waals surface area contributed by atoms with Gasteiger partial charge >= 0.3 is 0 Å². The maximum atomic E-state index is 11.8. The van der Waals surface area contributed by atoms with Crippen LogP contribution in [0.5, 0.6) is 0 Å². The molecule has 0 aliphatic carbocycles. The van der Waals surface area contributed by atoms with Crippen LogP contribution in [0.25, 0.3) is 24.3 Å². The first kappa shape index (κ1) is 27.2. The smallest absolute Gasteiger partial charge is 0.250 e. The lowest BCUT2D eigenvalue weighted by Gasteiger charge is -2.25. The van der Waals surface area contributed by atoms with Gasteiger partial charge in [-0.1, -0.05) is 116 Å². The Kier molecular flexibility index (Phi) is 8.68. The summed E-state index contributed by atoms with van der Waals surface area (Å²) in [6, 6.07) is 45.7. The zero-order chi connectivity index (χ0) is 28.4. The molecule has 5 rings (SSSR count). The number of anilines is 4. The van der Waals surface area contributed by atoms with Gasteiger partial charge in [-0.2, -0.15) is 0 Å². The average molecular weight is 533 g/mol. The van der Waals surface area contributed by atoms with E-state index in [0.29, 0.717) is 5.57 Å². The summed E-state index contributed by atoms with van der Waals surface area (Å²) in [4.78, 5) is 14.0. The van der Waals surface area contributed by atoms with Crippen molar-refractivity contribution in [3.8, 4) is 0 Å². The average Bonchev–Trinajstić information content (AvgIpc) is 3.02. The van der Waals surface area contributed by atoms with Gasteiger partial charge in [-0.05, 0) is 77.7 Å². The second kappa shape index (κ2) is 13.1. The van der Waals surface area contributed by atoms with Gasteiger partial charge in [0.1, 0.15) is 0 Å². The highest BCUT2D eigenvalue weighted by Crippen LogP contribution is 2.34. The maximum absolute atomic E-state index is 11.8. The van der Waals surface area contributed by atoms with Gasteiger partial charge in [0.05, 0.1) is 0 Å². The fourth-order valence-corrected chi connectivity index (χ4v) is 4.35. The minimum Gasteiger partial charge on any atom is -0.322 e. The van der Waals surface area contributed by atoms with Crippen molar-refractivity contribution in [2.75, 3.05) is 10.2 Å². The van der Waals surface area contributed by atoms with Crippen molar-refractivity contribution in [1.82, 2.24) is 0 Å². The molecule has 0 saturated heterocycles. The lowest BCUT2D eigenvalue weighted by molar-refractivity contribution is -0.112. The van der Waals surface area contributed by atoms with E-state index in [2.05, 4.69) is 138 Å². The van der Waals surface area contributed by atoms with Crippen LogP contribution in [-0.2, 0) is 4.79 Å². The van der Waals surface area contributed by atoms with E-state index in [-0.39, 0.29) is 5.91 Å². The molecule has 0 aliphatic rings. The Morgan fingerprint density at radius 3 is 1.27 bits per heavy atom. The van der Waals surface area contributed by atoms with Gasteiger partial charge in [0, 0.05) is 28.3 Å². The van der Waals surface area contributed by atoms with Crippen molar-refractivity contribution in [3.63, 3.8) is 0 Å². The molecule has 0 bridgehead atoms. The largest absolute Gasteiger partial charge is 0.322 e. The first-order chi connectivity index (χ1) is 20.0. The molecule has 0 atom stereocenters. The van der Waals surface area contributed by atoms with E-state index >= 15 is 0 Å². The van der Waals surface area contributed by atoms with Crippen LogP contribution >= 0.6 is 0 Å². The number of hydrogen-bond donors (Lipinski definition) is 1. The number of nitrogens with zero attached hydrogens (tertiary/aromatic N) is 1. The van der Waals surface area contributed by atoms with Crippen molar-refractivity contribution in [1.29, 1.82) is 0 Å². The van der Waals surface area contributed by atoms with Gasteiger partial charge < -0.3 is 10.2 Å². The van der Waals surface area contributed by atoms with Gasteiger partial charge in [0.25, 0.3) is 5.91 Å². The molecule has 0 aliphatic heterocycles. The van der Waals surface area contributed by atoms with E-state index in [0.717, 1.165) is 45.0 Å². The van der Waals surface area contributed by atoms with Crippen molar-refractivity contribution in [2.24, 2.45) is 0 Å². The van der Waals surface area contributed by atoms with E-state index in [9.17, 15) is 4.79 Å². The topological polar surface area (TPSA) is 32.3 Å². The molecule has 0 radical (unpaired) electrons. The van der Waals surface area contributed by atoms with Crippen LogP contribution in [0.3, 0.4) is 0 Å². The standard InChI is InChI=1S/C38H32N2O/c1-29(2)38(41)39-34-25-21-32(22-26-34)19-17-30-13-15-31(16-14-30)18-20-33-23-27-37(28-24-33)40(35-9-5-3-6-10-35)36-11-7-4-8-12-36/h3-28H,1H2,2H3,(H,39,41)/b19-17+,20-18+. The first-order valence-electron chi connectivity index (χ1n) is 13.6. The molecule has 5 aromatic rings. The summed E-state index contributed by atoms with van der Waals surface area (Å²) in [5.74, 6) is -0.169. The van der Waals surface area contributed by atoms with Crippen LogP contribution in [0.1, 0.15) is 29.2 Å². The van der Waals surface area contributed by atoms with Crippen LogP contribution in [0.4, 0.5) is 22.7 Å². The molecular formula is C38H32N2O. The minimum absolute atomic E-state index is 0.169. The SMILES string of the molecule is C=C(C)C(=O)Nc1ccc(/C=C/c2ccc(/C=C/c3ccc(N(c4ccccc4)c4ccccc4)cc3)cc2)cc1. The Bertz CT molecular complexity index is 1610. The van der Waals surface area contributed by atoms with E-state index in [4.69, 9.17) is 0 Å². The number of hydrogen-bond acceptors (Lipinski definition) is 2. The Labute approximate surface area is 242 Å². The molecule has 0 spiro atoms. The van der Waals surface area contributed by atoms with E-state index < -0.39 is 0 Å². The highest BCUT2D eigenvalue weighted by Gasteiger charge is 2.11. The molecule has 3 nitrogen and oxygen atoms in total. The number of nitrogens with one attached hydrogen (secondary N) is 1. The van der Waals surface area contributed by atoms with Gasteiger partial charge in [0.15, 0.2) is 0 Å². The third kappa shape index (κ3) is 7.37. The van der Waals surface area contributed by atoms with Crippen LogP contribution in [-0.4, -0.2) is 5.91 Å². The second-order valence-electron chi connectivity index (χ2n) is 9.79. The van der Waals surface area contributed by atoms with Crippen LogP contribution in [0, 0.1) is 0 Å². The van der Waals surface area contributed by atoms with Gasteiger partial charge in [-0.15, -0.1) is 0 Å². The van der Waals surface area contributed by atoms with Gasteiger partial charge in [-0.3, -0.25) is 4.79 Å². The summed E-state index contributed by atoms with van der Waals surface area (Å²) in [5, 5.41) is 2.82. The van der Waals surface area contributed by atoms with Crippen molar-refractivity contribution < 1.29 is 4.79 Å². The van der Waals surface area contributed by atoms with Crippen molar-refractivity contribution in [3.05, 3.63) is 168 Å². The molecule has 3 heteroatoms.